The first-order valence-electron chi connectivity index (χ1n) is 35.9. The number of Topliss-reactive ketones (excluding diaryl/α,β-unsaturated/α-hetero) is 4. The maximum atomic E-state index is 15.2. The van der Waals surface area contributed by atoms with Gasteiger partial charge in [-0.1, -0.05) is 124 Å². The molecule has 1 aliphatic heterocycles. The molecule has 0 aromatic rings. The highest BCUT2D eigenvalue weighted by Gasteiger charge is 2.46. The van der Waals surface area contributed by atoms with E-state index in [1.807, 2.05) is 62.3 Å². The lowest BCUT2D eigenvalue weighted by Gasteiger charge is -2.41. The number of hydrogen-bond donors (Lipinski definition) is 3. The largest absolute Gasteiger partial charge is 0.390 e. The monoisotopic (exact) mass is 1360 g/mol. The number of nitrogens with one attached hydrogen (secondary N) is 2. The molecule has 0 saturated carbocycles. The molecule has 0 spiro atoms. The van der Waals surface area contributed by atoms with Gasteiger partial charge in [-0.15, -0.1) is 0 Å². The van der Waals surface area contributed by atoms with Gasteiger partial charge in [0.25, 0.3) is 0 Å². The fourth-order valence-corrected chi connectivity index (χ4v) is 13.3. The molecule has 0 aromatic carbocycles. The molecular formula is C73H134N10O13. The number of rotatable bonds is 45. The van der Waals surface area contributed by atoms with E-state index in [1.54, 1.807) is 69.7 Å². The molecule has 1 saturated heterocycles. The maximum Gasteiger partial charge on any atom is 0.246 e. The van der Waals surface area contributed by atoms with Gasteiger partial charge in [0.2, 0.25) is 41.4 Å². The van der Waals surface area contributed by atoms with Crippen LogP contribution in [-0.4, -0.2) is 266 Å². The van der Waals surface area contributed by atoms with E-state index >= 15 is 14.4 Å². The number of hydrogen-bond acceptors (Lipinski definition) is 16. The third kappa shape index (κ3) is 26.5. The van der Waals surface area contributed by atoms with Crippen LogP contribution in [-0.2, 0) is 57.5 Å². The molecular weight excluding hydrogens is 1220 g/mol. The molecule has 1 aliphatic rings. The van der Waals surface area contributed by atoms with E-state index in [1.165, 1.54) is 66.7 Å². The molecule has 1 fully saturated rings. The Kier molecular flexibility index (Phi) is 39.5. The van der Waals surface area contributed by atoms with Crippen LogP contribution in [0.4, 0.5) is 0 Å². The quantitative estimate of drug-likeness (QED) is 0.0600. The summed E-state index contributed by atoms with van der Waals surface area (Å²) >= 11 is 0. The number of carbonyl (C=O) groups excluding carboxylic acids is 11. The highest BCUT2D eigenvalue weighted by Crippen LogP contribution is 2.29. The number of carbonyl (C=O) groups is 11. The van der Waals surface area contributed by atoms with Crippen LogP contribution in [0, 0.1) is 59.2 Å². The van der Waals surface area contributed by atoms with Crippen molar-refractivity contribution >= 4 is 64.5 Å². The third-order valence-electron chi connectivity index (χ3n) is 20.0. The summed E-state index contributed by atoms with van der Waals surface area (Å²) in [4.78, 5) is 170. The number of nitrogens with zero attached hydrogens (tertiary/aromatic N) is 8. The summed E-state index contributed by atoms with van der Waals surface area (Å²) in [5.74, 6) is -8.80. The first kappa shape index (κ1) is 88.8. The van der Waals surface area contributed by atoms with Gasteiger partial charge in [0.1, 0.15) is 36.0 Å². The molecule has 0 bridgehead atoms. The SMILES string of the molecule is CCCC[C@@H](C)[C@@H](O)[C@@H](C(=O)N[C@@H](CC)C(=O)N(C)[C@H](C)C(C)=O)N(C)C(=O)[C@H](C(C)C)N(C)C(=O)[C@H](CC(C)C)N(C)C(=O)[C@H](CC(C)C)N(C)C(=O)[C@@H](C)CC(=O)[C@H](C)CC(=O)[C@H](CC(C)C)N(C)C(=O)[C@@H](CC(=O)[C@@H](NC)[C@H](C)CN1CCN(CCOC)CC1)C(C)C. The number of amides is 7. The number of piperazine rings is 1. The number of ether oxygens (including phenoxy) is 1. The third-order valence-corrected chi connectivity index (χ3v) is 20.0. The zero-order valence-corrected chi connectivity index (χ0v) is 64.4. The average molecular weight is 1360 g/mol. The van der Waals surface area contributed by atoms with E-state index in [-0.39, 0.29) is 97.2 Å². The maximum absolute atomic E-state index is 15.2. The summed E-state index contributed by atoms with van der Waals surface area (Å²) in [6.07, 6.45) is 1.11. The summed E-state index contributed by atoms with van der Waals surface area (Å²) in [6, 6.07) is -8.14. The smallest absolute Gasteiger partial charge is 0.246 e. The highest BCUT2D eigenvalue weighted by molar-refractivity contribution is 5.99. The Balaban J connectivity index is 3.51. The van der Waals surface area contributed by atoms with E-state index in [0.29, 0.717) is 19.4 Å². The molecule has 0 unspecified atom stereocenters. The van der Waals surface area contributed by atoms with Crippen LogP contribution in [0.3, 0.4) is 0 Å². The van der Waals surface area contributed by atoms with Gasteiger partial charge in [-0.25, -0.2) is 0 Å². The van der Waals surface area contributed by atoms with Gasteiger partial charge < -0.3 is 54.8 Å². The molecule has 554 valence electrons. The lowest BCUT2D eigenvalue weighted by Crippen LogP contribution is -2.63. The van der Waals surface area contributed by atoms with Crippen molar-refractivity contribution in [3.8, 4) is 0 Å². The minimum Gasteiger partial charge on any atom is -0.390 e. The Bertz CT molecular complexity index is 2500. The average Bonchev–Trinajstić information content (AvgIpc) is 0.823. The Morgan fingerprint density at radius 3 is 1.44 bits per heavy atom. The summed E-state index contributed by atoms with van der Waals surface area (Å²) in [6.45, 7) is 38.5. The van der Waals surface area contributed by atoms with Gasteiger partial charge in [0, 0.05) is 126 Å². The normalized spacial score (nSPS) is 17.6. The Hall–Kier alpha value is -5.23. The molecule has 23 heteroatoms. The summed E-state index contributed by atoms with van der Waals surface area (Å²) in [5, 5.41) is 18.0. The first-order chi connectivity index (χ1) is 44.6. The molecule has 0 aromatic heterocycles. The van der Waals surface area contributed by atoms with Crippen LogP contribution in [0.25, 0.3) is 0 Å². The topological polar surface area (TPSA) is 267 Å². The first-order valence-corrected chi connectivity index (χ1v) is 35.9. The lowest BCUT2D eigenvalue weighted by molar-refractivity contribution is -0.157. The Morgan fingerprint density at radius 2 is 0.979 bits per heavy atom. The summed E-state index contributed by atoms with van der Waals surface area (Å²) < 4.78 is 5.26. The van der Waals surface area contributed by atoms with Gasteiger partial charge in [-0.3, -0.25) is 57.6 Å². The van der Waals surface area contributed by atoms with E-state index in [0.717, 1.165) is 57.0 Å². The van der Waals surface area contributed by atoms with Gasteiger partial charge in [0.05, 0.1) is 30.8 Å². The molecule has 0 aliphatic carbocycles. The zero-order chi connectivity index (χ0) is 74.1. The lowest BCUT2D eigenvalue weighted by atomic mass is 9.84. The molecule has 1 rings (SSSR count). The summed E-state index contributed by atoms with van der Waals surface area (Å²) in [5.41, 5.74) is 0. The fourth-order valence-electron chi connectivity index (χ4n) is 13.3. The number of likely N-dealkylation sites (N-methyl/N-ethyl adjacent to an activating group) is 7. The highest BCUT2D eigenvalue weighted by atomic mass is 16.5. The molecule has 0 radical (unpaired) electrons. The van der Waals surface area contributed by atoms with Crippen LogP contribution >= 0.6 is 0 Å². The predicted octanol–water partition coefficient (Wildman–Crippen LogP) is 6.34. The number of unbranched alkanes of at least 4 members (excludes halogenated alkanes) is 1. The molecule has 14 atom stereocenters. The van der Waals surface area contributed by atoms with E-state index in [9.17, 15) is 43.5 Å². The molecule has 96 heavy (non-hydrogen) atoms. The fraction of sp³-hybridized carbons (Fsp3) is 0.849. The van der Waals surface area contributed by atoms with Gasteiger partial charge in [-0.05, 0) is 94.4 Å². The van der Waals surface area contributed by atoms with Crippen LogP contribution in [0.2, 0.25) is 0 Å². The Labute approximate surface area is 579 Å². The Morgan fingerprint density at radius 1 is 0.510 bits per heavy atom. The van der Waals surface area contributed by atoms with Crippen molar-refractivity contribution in [2.75, 3.05) is 102 Å². The molecule has 1 heterocycles. The molecule has 23 nitrogen and oxygen atoms in total. The standard InChI is InChI=1S/C73H134N10O13/c1-27-29-30-49(13)66(88)65(67(89)75-56(28-2)70(92)76(20)53(17)54(18)84)81(25)73(95)64(48(11)12)80(24)72(94)59(39-46(7)8)79(23)71(93)58(38-45(5)6)78(22)68(90)51(15)41-60(85)50(14)40-61(86)57(37-44(3)4)77(21)69(91)55(47(9)10)42-62(87)63(74-19)52(16)43-83-33-31-82(32-34-83)35-36-96-26/h44-53,55-59,63-66,74,88H,27-43H2,1-26H3,(H,75,89)/t49-,50-,51+,52-,53-,55+,56+,57+,58+,59+,63+,64+,65+,66-/m1/s1. The second-order valence-electron chi connectivity index (χ2n) is 30.2. The van der Waals surface area contributed by atoms with Gasteiger partial charge >= 0.3 is 0 Å². The zero-order valence-electron chi connectivity index (χ0n) is 64.4. The van der Waals surface area contributed by atoms with E-state index in [2.05, 4.69) is 27.4 Å². The molecule has 3 N–H and O–H groups in total. The van der Waals surface area contributed by atoms with Crippen LogP contribution in [0.15, 0.2) is 0 Å². The van der Waals surface area contributed by atoms with Crippen LogP contribution in [0.5, 0.6) is 0 Å². The minimum absolute atomic E-state index is 0.0000940. The van der Waals surface area contributed by atoms with Crippen molar-refractivity contribution in [3.63, 3.8) is 0 Å². The number of aliphatic hydroxyl groups is 1. The second kappa shape index (κ2) is 42.7. The molecule has 7 amide bonds. The van der Waals surface area contributed by atoms with Crippen LogP contribution in [0.1, 0.15) is 189 Å². The predicted molar refractivity (Wildman–Crippen MR) is 378 cm³/mol. The van der Waals surface area contributed by atoms with Crippen molar-refractivity contribution in [2.45, 2.75) is 243 Å². The van der Waals surface area contributed by atoms with Crippen molar-refractivity contribution in [1.29, 1.82) is 0 Å². The van der Waals surface area contributed by atoms with Crippen molar-refractivity contribution in [1.82, 2.24) is 49.8 Å². The van der Waals surface area contributed by atoms with Gasteiger partial charge in [0.15, 0.2) is 17.3 Å². The summed E-state index contributed by atoms with van der Waals surface area (Å²) in [7, 11) is 12.4. The van der Waals surface area contributed by atoms with E-state index < -0.39 is 119 Å². The van der Waals surface area contributed by atoms with Crippen molar-refractivity contribution in [3.05, 3.63) is 0 Å². The number of methoxy groups -OCH3 is 1. The van der Waals surface area contributed by atoms with Gasteiger partial charge in [-0.2, -0.15) is 0 Å². The van der Waals surface area contributed by atoms with Crippen molar-refractivity contribution in [2.24, 2.45) is 59.2 Å². The van der Waals surface area contributed by atoms with Crippen LogP contribution < -0.4 is 10.6 Å². The van der Waals surface area contributed by atoms with Crippen molar-refractivity contribution < 1.29 is 62.6 Å². The second-order valence-corrected chi connectivity index (χ2v) is 30.2. The number of aliphatic hydroxyl groups excluding tert-OH is 1. The number of ketones is 4. The van der Waals surface area contributed by atoms with E-state index in [4.69, 9.17) is 4.74 Å². The minimum atomic E-state index is -1.50.